The molecule has 5 nitrogen and oxygen atoms in total. The number of halogens is 1. The second kappa shape index (κ2) is 10.4. The Hall–Kier alpha value is -2.34. The number of hydrogen-bond acceptors (Lipinski definition) is 3. The Morgan fingerprint density at radius 3 is 2.52 bits per heavy atom. The molecule has 0 atom stereocenters. The van der Waals surface area contributed by atoms with E-state index in [4.69, 9.17) is 4.74 Å². The number of carbonyl (C=O) groups is 2. The summed E-state index contributed by atoms with van der Waals surface area (Å²) in [6, 6.07) is 15.4. The van der Waals surface area contributed by atoms with Gasteiger partial charge in [-0.1, -0.05) is 28.1 Å². The molecule has 1 aliphatic heterocycles. The average molecular weight is 459 g/mol. The fraction of sp³-hybridized carbons (Fsp3) is 0.391. The summed E-state index contributed by atoms with van der Waals surface area (Å²) < 4.78 is 6.45. The number of aryl methyl sites for hydroxylation is 1. The first-order valence-electron chi connectivity index (χ1n) is 10.1. The maximum Gasteiger partial charge on any atom is 0.253 e. The molecule has 2 aromatic rings. The maximum absolute atomic E-state index is 12.7. The normalized spacial score (nSPS) is 14.5. The number of amides is 2. The lowest BCUT2D eigenvalue weighted by Gasteiger charge is -2.32. The van der Waals surface area contributed by atoms with Crippen LogP contribution in [-0.2, 0) is 11.2 Å². The number of ether oxygens (including phenoxy) is 1. The summed E-state index contributed by atoms with van der Waals surface area (Å²) in [4.78, 5) is 26.8. The van der Waals surface area contributed by atoms with Gasteiger partial charge in [-0.3, -0.25) is 9.59 Å². The molecule has 1 heterocycles. The zero-order valence-corrected chi connectivity index (χ0v) is 18.3. The summed E-state index contributed by atoms with van der Waals surface area (Å²) in [5.41, 5.74) is 1.82. The first kappa shape index (κ1) is 21.4. The van der Waals surface area contributed by atoms with Crippen molar-refractivity contribution in [2.24, 2.45) is 0 Å². The molecule has 2 aromatic carbocycles. The van der Waals surface area contributed by atoms with Gasteiger partial charge in [0.2, 0.25) is 5.91 Å². The third-order valence-electron chi connectivity index (χ3n) is 5.09. The lowest BCUT2D eigenvalue weighted by atomic mass is 10.0. The van der Waals surface area contributed by atoms with Gasteiger partial charge in [0, 0.05) is 35.6 Å². The number of nitrogens with one attached hydrogen (secondary N) is 1. The molecule has 0 saturated carbocycles. The molecule has 29 heavy (non-hydrogen) atoms. The molecular weight excluding hydrogens is 432 g/mol. The van der Waals surface area contributed by atoms with E-state index in [-0.39, 0.29) is 17.9 Å². The van der Waals surface area contributed by atoms with E-state index in [0.29, 0.717) is 31.7 Å². The van der Waals surface area contributed by atoms with E-state index < -0.39 is 0 Å². The number of rotatable bonds is 7. The van der Waals surface area contributed by atoms with Crippen LogP contribution in [0.3, 0.4) is 0 Å². The number of nitrogens with zero attached hydrogens (tertiary/aromatic N) is 1. The van der Waals surface area contributed by atoms with Gasteiger partial charge in [-0.2, -0.15) is 0 Å². The van der Waals surface area contributed by atoms with Gasteiger partial charge >= 0.3 is 0 Å². The Balaban J connectivity index is 1.42. The highest BCUT2D eigenvalue weighted by molar-refractivity contribution is 9.10. The summed E-state index contributed by atoms with van der Waals surface area (Å²) in [6.45, 7) is 3.85. The molecule has 1 aliphatic rings. The third kappa shape index (κ3) is 6.32. The van der Waals surface area contributed by atoms with E-state index in [2.05, 4.69) is 21.2 Å². The van der Waals surface area contributed by atoms with Gasteiger partial charge in [-0.15, -0.1) is 0 Å². The molecule has 0 aliphatic carbocycles. The first-order chi connectivity index (χ1) is 14.0. The van der Waals surface area contributed by atoms with Gasteiger partial charge in [-0.05, 0) is 68.1 Å². The molecule has 0 spiro atoms. The third-order valence-corrected chi connectivity index (χ3v) is 5.58. The predicted molar refractivity (Wildman–Crippen MR) is 117 cm³/mol. The van der Waals surface area contributed by atoms with Crippen molar-refractivity contribution in [1.29, 1.82) is 0 Å². The van der Waals surface area contributed by atoms with Gasteiger partial charge in [-0.25, -0.2) is 0 Å². The van der Waals surface area contributed by atoms with Crippen molar-refractivity contribution < 1.29 is 14.3 Å². The van der Waals surface area contributed by atoms with Crippen LogP contribution in [0.15, 0.2) is 53.0 Å². The minimum absolute atomic E-state index is 0.0347. The molecule has 0 unspecified atom stereocenters. The standard InChI is InChI=1S/C23H27BrN2O3/c1-2-29-21-9-7-18(8-10-21)23(28)26-14-12-20(13-15-26)25-22(27)11-6-17-4-3-5-19(24)16-17/h3-5,7-10,16,20H,2,6,11-15H2,1H3,(H,25,27). The minimum Gasteiger partial charge on any atom is -0.494 e. The van der Waals surface area contributed by atoms with Crippen LogP contribution in [0.1, 0.15) is 42.1 Å². The van der Waals surface area contributed by atoms with Crippen LogP contribution in [0.5, 0.6) is 5.75 Å². The predicted octanol–water partition coefficient (Wildman–Crippen LogP) is 4.20. The molecule has 3 rings (SSSR count). The van der Waals surface area contributed by atoms with Crippen LogP contribution >= 0.6 is 15.9 Å². The number of benzene rings is 2. The van der Waals surface area contributed by atoms with Gasteiger partial charge in [0.1, 0.15) is 5.75 Å². The summed E-state index contributed by atoms with van der Waals surface area (Å²) in [5, 5.41) is 3.12. The Kier molecular flexibility index (Phi) is 7.69. The van der Waals surface area contributed by atoms with Crippen LogP contribution in [0.2, 0.25) is 0 Å². The Morgan fingerprint density at radius 1 is 1.14 bits per heavy atom. The second-order valence-electron chi connectivity index (χ2n) is 7.22. The zero-order chi connectivity index (χ0) is 20.6. The zero-order valence-electron chi connectivity index (χ0n) is 16.7. The Morgan fingerprint density at radius 2 is 1.86 bits per heavy atom. The lowest BCUT2D eigenvalue weighted by molar-refractivity contribution is -0.122. The molecule has 6 heteroatoms. The molecule has 0 radical (unpaired) electrons. The largest absolute Gasteiger partial charge is 0.494 e. The highest BCUT2D eigenvalue weighted by Gasteiger charge is 2.24. The minimum atomic E-state index is 0.0347. The molecule has 154 valence electrons. The average Bonchev–Trinajstić information content (AvgIpc) is 2.73. The van der Waals surface area contributed by atoms with Crippen molar-refractivity contribution in [3.63, 3.8) is 0 Å². The molecular formula is C23H27BrN2O3. The van der Waals surface area contributed by atoms with E-state index >= 15 is 0 Å². The lowest BCUT2D eigenvalue weighted by Crippen LogP contribution is -2.46. The SMILES string of the molecule is CCOc1ccc(C(=O)N2CCC(NC(=O)CCc3cccc(Br)c3)CC2)cc1. The van der Waals surface area contributed by atoms with Crippen LogP contribution < -0.4 is 10.1 Å². The van der Waals surface area contributed by atoms with Gasteiger partial charge in [0.25, 0.3) is 5.91 Å². The van der Waals surface area contributed by atoms with Crippen molar-refractivity contribution in [2.75, 3.05) is 19.7 Å². The highest BCUT2D eigenvalue weighted by atomic mass is 79.9. The molecule has 0 aromatic heterocycles. The van der Waals surface area contributed by atoms with Crippen LogP contribution in [-0.4, -0.2) is 42.5 Å². The highest BCUT2D eigenvalue weighted by Crippen LogP contribution is 2.18. The van der Waals surface area contributed by atoms with E-state index in [9.17, 15) is 9.59 Å². The van der Waals surface area contributed by atoms with Gasteiger partial charge < -0.3 is 15.0 Å². The first-order valence-corrected chi connectivity index (χ1v) is 10.9. The monoisotopic (exact) mass is 458 g/mol. The van der Waals surface area contributed by atoms with E-state index in [1.807, 2.05) is 60.4 Å². The summed E-state index contributed by atoms with van der Waals surface area (Å²) in [7, 11) is 0. The molecule has 1 N–H and O–H groups in total. The molecule has 0 bridgehead atoms. The Bertz CT molecular complexity index is 830. The van der Waals surface area contributed by atoms with Crippen molar-refractivity contribution in [3.8, 4) is 5.75 Å². The summed E-state index contributed by atoms with van der Waals surface area (Å²) in [6.07, 6.45) is 2.76. The summed E-state index contributed by atoms with van der Waals surface area (Å²) >= 11 is 3.45. The van der Waals surface area contributed by atoms with Crippen molar-refractivity contribution in [2.45, 2.75) is 38.6 Å². The van der Waals surface area contributed by atoms with Gasteiger partial charge in [0.05, 0.1) is 6.61 Å². The summed E-state index contributed by atoms with van der Waals surface area (Å²) in [5.74, 6) is 0.877. The fourth-order valence-electron chi connectivity index (χ4n) is 3.52. The van der Waals surface area contributed by atoms with Crippen LogP contribution in [0, 0.1) is 0 Å². The fourth-order valence-corrected chi connectivity index (χ4v) is 3.97. The van der Waals surface area contributed by atoms with E-state index in [1.54, 1.807) is 0 Å². The van der Waals surface area contributed by atoms with Crippen LogP contribution in [0.4, 0.5) is 0 Å². The maximum atomic E-state index is 12.7. The Labute approximate surface area is 180 Å². The second-order valence-corrected chi connectivity index (χ2v) is 8.14. The quantitative estimate of drug-likeness (QED) is 0.675. The number of likely N-dealkylation sites (tertiary alicyclic amines) is 1. The van der Waals surface area contributed by atoms with Crippen molar-refractivity contribution in [3.05, 3.63) is 64.1 Å². The number of carbonyl (C=O) groups excluding carboxylic acids is 2. The number of hydrogen-bond donors (Lipinski definition) is 1. The smallest absolute Gasteiger partial charge is 0.253 e. The molecule has 1 fully saturated rings. The van der Waals surface area contributed by atoms with Crippen molar-refractivity contribution >= 4 is 27.7 Å². The van der Waals surface area contributed by atoms with Crippen LogP contribution in [0.25, 0.3) is 0 Å². The molecule has 1 saturated heterocycles. The van der Waals surface area contributed by atoms with Crippen molar-refractivity contribution in [1.82, 2.24) is 10.2 Å². The van der Waals surface area contributed by atoms with Gasteiger partial charge in [0.15, 0.2) is 0 Å². The molecule has 2 amide bonds. The van der Waals surface area contributed by atoms with E-state index in [0.717, 1.165) is 35.0 Å². The number of piperidine rings is 1. The topological polar surface area (TPSA) is 58.6 Å². The van der Waals surface area contributed by atoms with E-state index in [1.165, 1.54) is 0 Å².